The molecule has 1 saturated heterocycles. The smallest absolute Gasteiger partial charge is 0.243 e. The van der Waals surface area contributed by atoms with Crippen LogP contribution in [-0.4, -0.2) is 54.8 Å². The number of amides is 3. The molecule has 3 N–H and O–H groups in total. The molecule has 0 bridgehead atoms. The largest absolute Gasteiger partial charge is 0.353 e. The Labute approximate surface area is 142 Å². The van der Waals surface area contributed by atoms with Crippen LogP contribution in [0.4, 0.5) is 5.69 Å². The summed E-state index contributed by atoms with van der Waals surface area (Å²) in [5.41, 5.74) is 0.646. The molecule has 0 unspecified atom stereocenters. The van der Waals surface area contributed by atoms with E-state index in [0.717, 1.165) is 4.47 Å². The average molecular weight is 383 g/mol. The molecule has 1 fully saturated rings. The van der Waals surface area contributed by atoms with Crippen LogP contribution in [-0.2, 0) is 14.4 Å². The molecule has 0 aliphatic carbocycles. The highest BCUT2D eigenvalue weighted by atomic mass is 79.9. The van der Waals surface area contributed by atoms with Crippen LogP contribution in [0.15, 0.2) is 28.7 Å². The van der Waals surface area contributed by atoms with E-state index >= 15 is 0 Å². The second kappa shape index (κ2) is 8.07. The van der Waals surface area contributed by atoms with Gasteiger partial charge in [0.25, 0.3) is 0 Å². The Balaban J connectivity index is 1.77. The molecule has 0 radical (unpaired) electrons. The molecule has 23 heavy (non-hydrogen) atoms. The molecule has 0 aromatic heterocycles. The highest BCUT2D eigenvalue weighted by Gasteiger charge is 2.26. The van der Waals surface area contributed by atoms with Gasteiger partial charge in [-0.25, -0.2) is 0 Å². The second-order valence-electron chi connectivity index (χ2n) is 5.24. The molecule has 1 aliphatic rings. The molecular formula is C15H19BrN4O3. The van der Waals surface area contributed by atoms with Gasteiger partial charge in [0, 0.05) is 17.6 Å². The van der Waals surface area contributed by atoms with Crippen molar-refractivity contribution in [2.24, 2.45) is 0 Å². The minimum absolute atomic E-state index is 0.0873. The standard InChI is InChI=1S/C15H19BrN4O3/c1-10-15(23)17-6-7-20(10)9-14(22)18-8-13(21)19-12-5-3-2-4-11(12)16/h2-5,10H,6-9H2,1H3,(H,17,23)(H,18,22)(H,19,21)/t10-/m1/s1. The average Bonchev–Trinajstić information content (AvgIpc) is 2.52. The van der Waals surface area contributed by atoms with Crippen molar-refractivity contribution in [1.29, 1.82) is 0 Å². The first-order valence-corrected chi connectivity index (χ1v) is 8.09. The van der Waals surface area contributed by atoms with Gasteiger partial charge in [-0.3, -0.25) is 19.3 Å². The minimum Gasteiger partial charge on any atom is -0.353 e. The molecule has 1 aromatic rings. The maximum atomic E-state index is 11.9. The fourth-order valence-electron chi connectivity index (χ4n) is 2.22. The number of anilines is 1. The lowest BCUT2D eigenvalue weighted by Crippen LogP contribution is -2.56. The summed E-state index contributed by atoms with van der Waals surface area (Å²) in [6.07, 6.45) is 0. The summed E-state index contributed by atoms with van der Waals surface area (Å²) < 4.78 is 0.771. The fourth-order valence-corrected chi connectivity index (χ4v) is 2.61. The van der Waals surface area contributed by atoms with E-state index in [1.807, 2.05) is 18.2 Å². The van der Waals surface area contributed by atoms with Gasteiger partial charge in [-0.2, -0.15) is 0 Å². The summed E-state index contributed by atoms with van der Waals surface area (Å²) in [5.74, 6) is -0.681. The third-order valence-electron chi connectivity index (χ3n) is 3.57. The van der Waals surface area contributed by atoms with Crippen molar-refractivity contribution >= 4 is 39.3 Å². The lowest BCUT2D eigenvalue weighted by molar-refractivity contribution is -0.131. The number of hydrogen-bond acceptors (Lipinski definition) is 4. The first-order valence-electron chi connectivity index (χ1n) is 7.30. The predicted octanol–water partition coefficient (Wildman–Crippen LogP) is 0.324. The van der Waals surface area contributed by atoms with E-state index in [4.69, 9.17) is 0 Å². The Bertz CT molecular complexity index is 608. The van der Waals surface area contributed by atoms with Crippen LogP contribution >= 0.6 is 15.9 Å². The van der Waals surface area contributed by atoms with E-state index < -0.39 is 0 Å². The van der Waals surface area contributed by atoms with Crippen molar-refractivity contribution in [3.63, 3.8) is 0 Å². The highest BCUT2D eigenvalue weighted by molar-refractivity contribution is 9.10. The second-order valence-corrected chi connectivity index (χ2v) is 6.10. The first kappa shape index (κ1) is 17.4. The number of carbonyl (C=O) groups excluding carboxylic acids is 3. The van der Waals surface area contributed by atoms with Gasteiger partial charge in [0.15, 0.2) is 0 Å². The number of piperazine rings is 1. The van der Waals surface area contributed by atoms with E-state index in [9.17, 15) is 14.4 Å². The first-order chi connectivity index (χ1) is 11.0. The Morgan fingerprint density at radius 2 is 2.09 bits per heavy atom. The SMILES string of the molecule is C[C@@H]1C(=O)NCCN1CC(=O)NCC(=O)Nc1ccccc1Br. The lowest BCUT2D eigenvalue weighted by atomic mass is 10.2. The molecule has 2 rings (SSSR count). The van der Waals surface area contributed by atoms with Crippen molar-refractivity contribution in [3.8, 4) is 0 Å². The number of carbonyl (C=O) groups is 3. The molecule has 1 heterocycles. The zero-order chi connectivity index (χ0) is 16.8. The third kappa shape index (κ3) is 5.04. The summed E-state index contributed by atoms with van der Waals surface area (Å²) in [5, 5.41) is 8.01. The lowest BCUT2D eigenvalue weighted by Gasteiger charge is -2.31. The van der Waals surface area contributed by atoms with Crippen LogP contribution in [0.2, 0.25) is 0 Å². The summed E-state index contributed by atoms with van der Waals surface area (Å²) in [6, 6.07) is 6.89. The summed E-state index contributed by atoms with van der Waals surface area (Å²) >= 11 is 3.34. The highest BCUT2D eigenvalue weighted by Crippen LogP contribution is 2.20. The van der Waals surface area contributed by atoms with Gasteiger partial charge in [0.2, 0.25) is 17.7 Å². The van der Waals surface area contributed by atoms with Gasteiger partial charge in [0.05, 0.1) is 24.8 Å². The van der Waals surface area contributed by atoms with Crippen LogP contribution in [0.1, 0.15) is 6.92 Å². The van der Waals surface area contributed by atoms with Crippen molar-refractivity contribution < 1.29 is 14.4 Å². The number of para-hydroxylation sites is 1. The number of nitrogens with one attached hydrogen (secondary N) is 3. The minimum atomic E-state index is -0.344. The molecule has 124 valence electrons. The zero-order valence-corrected chi connectivity index (χ0v) is 14.4. The number of hydrogen-bond donors (Lipinski definition) is 3. The van der Waals surface area contributed by atoms with E-state index in [-0.39, 0.29) is 36.9 Å². The third-order valence-corrected chi connectivity index (χ3v) is 4.26. The number of nitrogens with zero attached hydrogens (tertiary/aromatic N) is 1. The maximum absolute atomic E-state index is 11.9. The van der Waals surface area contributed by atoms with Gasteiger partial charge in [0.1, 0.15) is 0 Å². The monoisotopic (exact) mass is 382 g/mol. The maximum Gasteiger partial charge on any atom is 0.243 e. The molecular weight excluding hydrogens is 364 g/mol. The van der Waals surface area contributed by atoms with Gasteiger partial charge in [-0.1, -0.05) is 12.1 Å². The van der Waals surface area contributed by atoms with Crippen molar-refractivity contribution in [1.82, 2.24) is 15.5 Å². The topological polar surface area (TPSA) is 90.5 Å². The summed E-state index contributed by atoms with van der Waals surface area (Å²) in [7, 11) is 0. The summed E-state index contributed by atoms with van der Waals surface area (Å²) in [4.78, 5) is 37.1. The van der Waals surface area contributed by atoms with Crippen LogP contribution < -0.4 is 16.0 Å². The molecule has 1 aliphatic heterocycles. The normalized spacial score (nSPS) is 18.2. The van der Waals surface area contributed by atoms with Crippen LogP contribution in [0.25, 0.3) is 0 Å². The van der Waals surface area contributed by atoms with Crippen LogP contribution in [0, 0.1) is 0 Å². The quantitative estimate of drug-likeness (QED) is 0.684. The zero-order valence-electron chi connectivity index (χ0n) is 12.8. The molecule has 0 saturated carbocycles. The number of rotatable bonds is 5. The van der Waals surface area contributed by atoms with Gasteiger partial charge >= 0.3 is 0 Å². The van der Waals surface area contributed by atoms with E-state index in [2.05, 4.69) is 31.9 Å². The van der Waals surface area contributed by atoms with Crippen molar-refractivity contribution in [2.75, 3.05) is 31.5 Å². The molecule has 7 nitrogen and oxygen atoms in total. The van der Waals surface area contributed by atoms with Gasteiger partial charge in [-0.05, 0) is 35.0 Å². The van der Waals surface area contributed by atoms with Gasteiger partial charge < -0.3 is 16.0 Å². The molecule has 0 spiro atoms. The Morgan fingerprint density at radius 3 is 2.83 bits per heavy atom. The van der Waals surface area contributed by atoms with Crippen molar-refractivity contribution in [3.05, 3.63) is 28.7 Å². The Morgan fingerprint density at radius 1 is 1.35 bits per heavy atom. The fraction of sp³-hybridized carbons (Fsp3) is 0.400. The van der Waals surface area contributed by atoms with E-state index in [0.29, 0.717) is 18.8 Å². The van der Waals surface area contributed by atoms with E-state index in [1.54, 1.807) is 17.9 Å². The molecule has 1 atom stereocenters. The van der Waals surface area contributed by atoms with Gasteiger partial charge in [-0.15, -0.1) is 0 Å². The van der Waals surface area contributed by atoms with E-state index in [1.165, 1.54) is 0 Å². The molecule has 3 amide bonds. The molecule has 1 aromatic carbocycles. The van der Waals surface area contributed by atoms with Crippen LogP contribution in [0.3, 0.4) is 0 Å². The Kier molecular flexibility index (Phi) is 6.12. The summed E-state index contributed by atoms with van der Waals surface area (Å²) in [6.45, 7) is 2.87. The molecule has 8 heteroatoms. The van der Waals surface area contributed by atoms with Crippen LogP contribution in [0.5, 0.6) is 0 Å². The van der Waals surface area contributed by atoms with Crippen molar-refractivity contribution in [2.45, 2.75) is 13.0 Å². The Hall–Kier alpha value is -1.93. The predicted molar refractivity (Wildman–Crippen MR) is 89.8 cm³/mol. The number of benzene rings is 1. The number of halogens is 1.